The van der Waals surface area contributed by atoms with E-state index in [9.17, 15) is 18.7 Å². The lowest BCUT2D eigenvalue weighted by molar-refractivity contribution is -0.123. The molecule has 1 aromatic rings. The summed E-state index contributed by atoms with van der Waals surface area (Å²) in [5, 5.41) is 12.4. The number of carbonyl (C=O) groups excluding carboxylic acids is 1. The van der Waals surface area contributed by atoms with Crippen LogP contribution in [0.5, 0.6) is 0 Å². The summed E-state index contributed by atoms with van der Waals surface area (Å²) in [6.45, 7) is 0.932. The molecular formula is C17H21F2NO3. The molecule has 2 aliphatic rings. The lowest BCUT2D eigenvalue weighted by Gasteiger charge is -2.12. The minimum absolute atomic E-state index is 0.0130. The Morgan fingerprint density at radius 3 is 2.70 bits per heavy atom. The standard InChI is InChI=1S/C17H21F2NO3/c18-14-2-1-3-15(19)16(14)12-6-13(12)17(22)20-7-11(21)9-23-8-10-4-5-10/h1-3,10-13,21H,4-9H2,(H,20,22). The molecule has 0 aliphatic heterocycles. The SMILES string of the molecule is O=C(NCC(O)COCC1CC1)C1CC1c1c(F)cccc1F. The van der Waals surface area contributed by atoms with E-state index in [4.69, 9.17) is 4.74 Å². The van der Waals surface area contributed by atoms with E-state index < -0.39 is 29.6 Å². The highest BCUT2D eigenvalue weighted by molar-refractivity contribution is 5.82. The monoisotopic (exact) mass is 325 g/mol. The number of hydrogen-bond acceptors (Lipinski definition) is 3. The molecule has 0 spiro atoms. The van der Waals surface area contributed by atoms with Crippen LogP contribution < -0.4 is 5.32 Å². The number of hydrogen-bond donors (Lipinski definition) is 2. The minimum Gasteiger partial charge on any atom is -0.389 e. The van der Waals surface area contributed by atoms with Crippen molar-refractivity contribution in [2.24, 2.45) is 11.8 Å². The van der Waals surface area contributed by atoms with Crippen LogP contribution >= 0.6 is 0 Å². The molecule has 3 unspecified atom stereocenters. The van der Waals surface area contributed by atoms with Crippen molar-refractivity contribution in [3.63, 3.8) is 0 Å². The first kappa shape index (κ1) is 16.3. The van der Waals surface area contributed by atoms with Gasteiger partial charge in [0.15, 0.2) is 0 Å². The molecule has 6 heteroatoms. The van der Waals surface area contributed by atoms with Gasteiger partial charge in [-0.15, -0.1) is 0 Å². The van der Waals surface area contributed by atoms with Gasteiger partial charge in [-0.05, 0) is 37.3 Å². The van der Waals surface area contributed by atoms with E-state index in [0.717, 1.165) is 0 Å². The quantitative estimate of drug-likeness (QED) is 0.768. The number of nitrogens with one attached hydrogen (secondary N) is 1. The molecule has 23 heavy (non-hydrogen) atoms. The van der Waals surface area contributed by atoms with Gasteiger partial charge in [0, 0.05) is 30.6 Å². The first-order valence-electron chi connectivity index (χ1n) is 8.03. The molecular weight excluding hydrogens is 304 g/mol. The molecule has 2 aliphatic carbocycles. The summed E-state index contributed by atoms with van der Waals surface area (Å²) < 4.78 is 32.7. The first-order valence-corrected chi connectivity index (χ1v) is 8.03. The molecule has 126 valence electrons. The van der Waals surface area contributed by atoms with Crippen LogP contribution in [0.3, 0.4) is 0 Å². The summed E-state index contributed by atoms with van der Waals surface area (Å²) in [5.74, 6) is -1.73. The summed E-state index contributed by atoms with van der Waals surface area (Å²) >= 11 is 0. The lowest BCUT2D eigenvalue weighted by Crippen LogP contribution is -2.35. The van der Waals surface area contributed by atoms with Crippen molar-refractivity contribution in [1.29, 1.82) is 0 Å². The molecule has 3 atom stereocenters. The number of halogens is 2. The van der Waals surface area contributed by atoms with Crippen molar-refractivity contribution >= 4 is 5.91 Å². The lowest BCUT2D eigenvalue weighted by atomic mass is 10.1. The topological polar surface area (TPSA) is 58.6 Å². The Balaban J connectivity index is 1.41. The van der Waals surface area contributed by atoms with Crippen molar-refractivity contribution in [1.82, 2.24) is 5.32 Å². The smallest absolute Gasteiger partial charge is 0.223 e. The molecule has 1 amide bonds. The van der Waals surface area contributed by atoms with Gasteiger partial charge in [0.05, 0.1) is 12.7 Å². The van der Waals surface area contributed by atoms with Gasteiger partial charge in [0.2, 0.25) is 5.91 Å². The minimum atomic E-state index is -0.764. The van der Waals surface area contributed by atoms with Gasteiger partial charge < -0.3 is 15.2 Å². The van der Waals surface area contributed by atoms with E-state index in [-0.39, 0.29) is 24.6 Å². The van der Waals surface area contributed by atoms with E-state index in [2.05, 4.69) is 5.32 Å². The van der Waals surface area contributed by atoms with E-state index >= 15 is 0 Å². The zero-order valence-corrected chi connectivity index (χ0v) is 12.8. The average molecular weight is 325 g/mol. The van der Waals surface area contributed by atoms with Crippen molar-refractivity contribution in [3.8, 4) is 0 Å². The third-order valence-electron chi connectivity index (χ3n) is 4.37. The van der Waals surface area contributed by atoms with E-state index in [1.807, 2.05) is 0 Å². The molecule has 2 saturated carbocycles. The number of benzene rings is 1. The highest BCUT2D eigenvalue weighted by Crippen LogP contribution is 2.49. The molecule has 1 aromatic carbocycles. The number of amides is 1. The number of ether oxygens (including phenoxy) is 1. The zero-order valence-electron chi connectivity index (χ0n) is 12.8. The van der Waals surface area contributed by atoms with Crippen molar-refractivity contribution in [2.45, 2.75) is 31.3 Å². The Bertz CT molecular complexity index is 557. The fourth-order valence-corrected chi connectivity index (χ4v) is 2.73. The Kier molecular flexibility index (Phi) is 4.92. The Morgan fingerprint density at radius 1 is 1.35 bits per heavy atom. The van der Waals surface area contributed by atoms with E-state index in [1.54, 1.807) is 0 Å². The molecule has 3 rings (SSSR count). The number of aliphatic hydroxyl groups excluding tert-OH is 1. The summed E-state index contributed by atoms with van der Waals surface area (Å²) in [5.41, 5.74) is -0.0130. The summed E-state index contributed by atoms with van der Waals surface area (Å²) in [7, 11) is 0. The molecule has 0 aromatic heterocycles. The van der Waals surface area contributed by atoms with E-state index in [1.165, 1.54) is 31.0 Å². The predicted molar refractivity (Wildman–Crippen MR) is 79.8 cm³/mol. The van der Waals surface area contributed by atoms with Crippen LogP contribution in [0.15, 0.2) is 18.2 Å². The van der Waals surface area contributed by atoms with Gasteiger partial charge in [-0.2, -0.15) is 0 Å². The van der Waals surface area contributed by atoms with Crippen LogP contribution in [0.25, 0.3) is 0 Å². The fourth-order valence-electron chi connectivity index (χ4n) is 2.73. The van der Waals surface area contributed by atoms with Crippen molar-refractivity contribution in [3.05, 3.63) is 35.4 Å². The average Bonchev–Trinajstić information content (AvgIpc) is 3.39. The molecule has 2 fully saturated rings. The normalized spacial score (nSPS) is 24.3. The van der Waals surface area contributed by atoms with Crippen LogP contribution in [0, 0.1) is 23.5 Å². The molecule has 0 radical (unpaired) electrons. The summed E-state index contributed by atoms with van der Waals surface area (Å²) in [4.78, 5) is 12.0. The molecule has 0 saturated heterocycles. The molecule has 0 heterocycles. The third-order valence-corrected chi connectivity index (χ3v) is 4.37. The highest BCUT2D eigenvalue weighted by atomic mass is 19.1. The van der Waals surface area contributed by atoms with Gasteiger partial charge in [-0.25, -0.2) is 8.78 Å². The van der Waals surface area contributed by atoms with Crippen LogP contribution in [0.4, 0.5) is 8.78 Å². The second-order valence-electron chi connectivity index (χ2n) is 6.46. The van der Waals surface area contributed by atoms with Crippen LogP contribution in [-0.2, 0) is 9.53 Å². The van der Waals surface area contributed by atoms with Crippen LogP contribution in [0.1, 0.15) is 30.7 Å². The van der Waals surface area contributed by atoms with Crippen LogP contribution in [0.2, 0.25) is 0 Å². The van der Waals surface area contributed by atoms with Gasteiger partial charge in [-0.3, -0.25) is 4.79 Å². The number of aliphatic hydroxyl groups is 1. The van der Waals surface area contributed by atoms with E-state index in [0.29, 0.717) is 18.9 Å². The Hall–Kier alpha value is -1.53. The van der Waals surface area contributed by atoms with Crippen LogP contribution in [-0.4, -0.2) is 36.9 Å². The maximum atomic E-state index is 13.7. The summed E-state index contributed by atoms with van der Waals surface area (Å²) in [6, 6.07) is 3.71. The maximum absolute atomic E-state index is 13.7. The summed E-state index contributed by atoms with van der Waals surface area (Å²) in [6.07, 6.45) is 2.03. The fraction of sp³-hybridized carbons (Fsp3) is 0.588. The van der Waals surface area contributed by atoms with Crippen molar-refractivity contribution in [2.75, 3.05) is 19.8 Å². The number of rotatable bonds is 8. The Labute approximate surface area is 133 Å². The Morgan fingerprint density at radius 2 is 2.04 bits per heavy atom. The second kappa shape index (κ2) is 6.93. The predicted octanol–water partition coefficient (Wildman–Crippen LogP) is 1.97. The van der Waals surface area contributed by atoms with Gasteiger partial charge in [0.25, 0.3) is 0 Å². The second-order valence-corrected chi connectivity index (χ2v) is 6.46. The van der Waals surface area contributed by atoms with Gasteiger partial charge >= 0.3 is 0 Å². The van der Waals surface area contributed by atoms with Gasteiger partial charge in [-0.1, -0.05) is 6.07 Å². The largest absolute Gasteiger partial charge is 0.389 e. The maximum Gasteiger partial charge on any atom is 0.223 e. The number of carbonyl (C=O) groups is 1. The third kappa shape index (κ3) is 4.26. The molecule has 0 bridgehead atoms. The first-order chi connectivity index (χ1) is 11.1. The molecule has 2 N–H and O–H groups in total. The molecule has 4 nitrogen and oxygen atoms in total. The van der Waals surface area contributed by atoms with Gasteiger partial charge in [0.1, 0.15) is 11.6 Å². The highest BCUT2D eigenvalue weighted by Gasteiger charge is 2.46. The van der Waals surface area contributed by atoms with Crippen molar-refractivity contribution < 1.29 is 23.4 Å². The zero-order chi connectivity index (χ0) is 16.4.